The van der Waals surface area contributed by atoms with Gasteiger partial charge in [0.15, 0.2) is 0 Å². The Kier molecular flexibility index (Phi) is 55.2. The molecule has 0 saturated carbocycles. The van der Waals surface area contributed by atoms with Crippen molar-refractivity contribution in [1.29, 1.82) is 0 Å². The van der Waals surface area contributed by atoms with E-state index in [4.69, 9.17) is 11.5 Å². The fourth-order valence-corrected chi connectivity index (χ4v) is 3.18. The van der Waals surface area contributed by atoms with Gasteiger partial charge in [-0.2, -0.15) is 12.5 Å². The minimum atomic E-state index is -0.860. The van der Waals surface area contributed by atoms with Crippen molar-refractivity contribution in [3.63, 3.8) is 0 Å². The minimum absolute atomic E-state index is 0. The largest absolute Gasteiger partial charge is 0.520 e. The van der Waals surface area contributed by atoms with Crippen molar-refractivity contribution >= 4 is 29.9 Å². The number of carbonyl (C=O) groups is 4. The molecule has 1 aliphatic rings. The van der Waals surface area contributed by atoms with Gasteiger partial charge < -0.3 is 58.1 Å². The number of hydrogen-bond donors (Lipinski definition) is 7. The van der Waals surface area contributed by atoms with E-state index >= 15 is 0 Å². The van der Waals surface area contributed by atoms with E-state index in [-0.39, 0.29) is 93.0 Å². The summed E-state index contributed by atoms with van der Waals surface area (Å²) in [7, 11) is 1.89. The Hall–Kier alpha value is -3.39. The van der Waals surface area contributed by atoms with E-state index in [1.165, 1.54) is 26.7 Å². The van der Waals surface area contributed by atoms with Crippen LogP contribution < -0.4 is 38.5 Å². The van der Waals surface area contributed by atoms with Crippen LogP contribution in [0.15, 0.2) is 85.5 Å². The predicted molar refractivity (Wildman–Crippen MR) is 222 cm³/mol. The smallest absolute Gasteiger partial charge is 0.240 e. The van der Waals surface area contributed by atoms with Gasteiger partial charge in [0.25, 0.3) is 0 Å². The zero-order chi connectivity index (χ0) is 39.1. The first-order valence-electron chi connectivity index (χ1n) is 16.9. The van der Waals surface area contributed by atoms with Crippen molar-refractivity contribution < 1.29 is 70.9 Å². The molecule has 3 rings (SSSR count). The Morgan fingerprint density at radius 1 is 0.907 bits per heavy atom. The molecular formula is C41H67N7O5Yb-4. The fourth-order valence-electron chi connectivity index (χ4n) is 3.18. The quantitative estimate of drug-likeness (QED) is 0.0837. The van der Waals surface area contributed by atoms with Crippen LogP contribution in [-0.4, -0.2) is 75.7 Å². The fraction of sp³-hybridized carbons (Fsp3) is 0.390. The zero-order valence-corrected chi connectivity index (χ0v) is 35.1. The molecule has 0 unspecified atom stereocenters. The van der Waals surface area contributed by atoms with Crippen LogP contribution in [0.5, 0.6) is 0 Å². The molecule has 2 aromatic rings. The van der Waals surface area contributed by atoms with E-state index in [2.05, 4.69) is 59.6 Å². The molecule has 0 bridgehead atoms. The number of Topliss-reactive ketones (excluding diaryl/α,β-unsaturated/α-hetero) is 1. The summed E-state index contributed by atoms with van der Waals surface area (Å²) in [5.74, 6) is -1.51. The van der Waals surface area contributed by atoms with Gasteiger partial charge in [-0.1, -0.05) is 80.9 Å². The molecule has 0 aromatic heterocycles. The van der Waals surface area contributed by atoms with Crippen molar-refractivity contribution in [2.75, 3.05) is 39.8 Å². The van der Waals surface area contributed by atoms with Gasteiger partial charge in [0, 0.05) is 60.4 Å². The first-order chi connectivity index (χ1) is 24.5. The topological polar surface area (TPSA) is 212 Å². The number of amides is 4. The van der Waals surface area contributed by atoms with Crippen LogP contribution in [0.4, 0.5) is 0 Å². The molecule has 54 heavy (non-hydrogen) atoms. The molecule has 0 heterocycles. The summed E-state index contributed by atoms with van der Waals surface area (Å²) < 4.78 is 0. The SMILES string of the molecule is C=CCNC.CC(=O)CNC(=O)CNC(=O)[C@H](Cc1ccc(-c2ccccc2)cc1)N[C-]=O.CC(N)=O.CCCN.CCCN.[C-]1=CC=CCC1.[CH3-].[CH3-].[Yb]. The molecular weight excluding hydrogens is 844 g/mol. The molecule has 10 N–H and O–H groups in total. The monoisotopic (exact) mass is 911 g/mol. The number of likely N-dealkylation sites (N-methyl/N-ethyl adjacent to an activating group) is 1. The van der Waals surface area contributed by atoms with Gasteiger partial charge in [-0.05, 0) is 63.0 Å². The first-order valence-corrected chi connectivity index (χ1v) is 16.9. The number of rotatable bonds is 14. The van der Waals surface area contributed by atoms with Gasteiger partial charge in [0.2, 0.25) is 17.7 Å². The van der Waals surface area contributed by atoms with Crippen molar-refractivity contribution in [3.8, 4) is 11.1 Å². The molecule has 1 atom stereocenters. The molecule has 0 radical (unpaired) electrons. The van der Waals surface area contributed by atoms with E-state index in [0.717, 1.165) is 55.6 Å². The number of ketones is 1. The van der Waals surface area contributed by atoms with Crippen LogP contribution >= 0.6 is 0 Å². The summed E-state index contributed by atoms with van der Waals surface area (Å²) in [4.78, 5) is 54.7. The van der Waals surface area contributed by atoms with E-state index in [9.17, 15) is 24.0 Å². The molecule has 13 heteroatoms. The Bertz CT molecular complexity index is 1230. The van der Waals surface area contributed by atoms with Crippen LogP contribution in [0, 0.1) is 67.9 Å². The third-order valence-electron chi connectivity index (χ3n) is 5.74. The number of primary amides is 1. The third-order valence-corrected chi connectivity index (χ3v) is 5.74. The summed E-state index contributed by atoms with van der Waals surface area (Å²) in [6.45, 7) is 12.4. The van der Waals surface area contributed by atoms with Crippen molar-refractivity contribution in [2.24, 2.45) is 17.2 Å². The van der Waals surface area contributed by atoms with Gasteiger partial charge in [0.05, 0.1) is 19.1 Å². The molecule has 0 spiro atoms. The van der Waals surface area contributed by atoms with Crippen molar-refractivity contribution in [2.45, 2.75) is 65.8 Å². The molecule has 0 fully saturated rings. The summed E-state index contributed by atoms with van der Waals surface area (Å²) in [6, 6.07) is 16.7. The molecule has 1 aliphatic carbocycles. The van der Waals surface area contributed by atoms with E-state index < -0.39 is 17.9 Å². The Morgan fingerprint density at radius 2 is 1.43 bits per heavy atom. The Morgan fingerprint density at radius 3 is 1.76 bits per heavy atom. The van der Waals surface area contributed by atoms with Gasteiger partial charge in [0.1, 0.15) is 5.78 Å². The van der Waals surface area contributed by atoms with Gasteiger partial charge in [-0.15, -0.1) is 13.0 Å². The maximum absolute atomic E-state index is 12.3. The average Bonchev–Trinajstić information content (AvgIpc) is 3.15. The normalized spacial score (nSPS) is 10.1. The Labute approximate surface area is 365 Å². The summed E-state index contributed by atoms with van der Waals surface area (Å²) in [5, 5.41) is 10.1. The number of hydrogen-bond acceptors (Lipinski definition) is 8. The number of allylic oxidation sites excluding steroid dienone is 4. The zero-order valence-electron chi connectivity index (χ0n) is 33.4. The van der Waals surface area contributed by atoms with Crippen LogP contribution in [0.2, 0.25) is 0 Å². The summed E-state index contributed by atoms with van der Waals surface area (Å²) in [6.07, 6.45) is 17.3. The van der Waals surface area contributed by atoms with Crippen molar-refractivity contribution in [3.05, 3.63) is 112 Å². The van der Waals surface area contributed by atoms with E-state index in [1.807, 2.05) is 79.9 Å². The average molecular weight is 911 g/mol. The summed E-state index contributed by atoms with van der Waals surface area (Å²) in [5.41, 5.74) is 17.5. The van der Waals surface area contributed by atoms with Crippen molar-refractivity contribution in [1.82, 2.24) is 21.3 Å². The molecule has 0 saturated heterocycles. The molecule has 2 aromatic carbocycles. The van der Waals surface area contributed by atoms with Gasteiger partial charge in [-0.25, -0.2) is 12.2 Å². The Balaban J connectivity index is -0.000000180. The predicted octanol–water partition coefficient (Wildman–Crippen LogP) is 3.93. The van der Waals surface area contributed by atoms with Crippen LogP contribution in [0.25, 0.3) is 11.1 Å². The number of nitrogens with two attached hydrogens (primary N) is 3. The molecule has 314 valence electrons. The van der Waals surface area contributed by atoms with Crippen LogP contribution in [-0.2, 0) is 30.4 Å². The number of carbonyl (C=O) groups excluding carboxylic acids is 5. The maximum atomic E-state index is 12.3. The van der Waals surface area contributed by atoms with E-state index in [1.54, 1.807) is 0 Å². The second-order valence-electron chi connectivity index (χ2n) is 10.6. The van der Waals surface area contributed by atoms with E-state index in [0.29, 0.717) is 0 Å². The molecule has 12 nitrogen and oxygen atoms in total. The van der Waals surface area contributed by atoms with Gasteiger partial charge in [-0.3, -0.25) is 25.3 Å². The number of benzene rings is 2. The second-order valence-corrected chi connectivity index (χ2v) is 10.6. The standard InChI is InChI=1S/C21H22N3O4.C6H7.C4H9N.2C3H9N.C2H5NO.2CH3.Yb/c1-15(26)12-22-20(27)13-23-21(28)19(24-14-25)11-16-7-9-18(10-8-16)17-5-3-2-4-6-17;1-2-4-6-5-3-1;1-3-4-5-2;2*1-2-3-4;1-2(3)4;;;/h2-10,19H,11-13H2,1H3,(H,22,27)(H,23,28)(H,24,25);1-3H,4,6H2;3,5H,1,4H2,2H3;2*2-4H2,1H3;1H3,(H2,3,4);2*1H3;/q2*-1;;;;;2*-1;/t19-;;;;;;;;/m0......../s1. The van der Waals surface area contributed by atoms with Crippen LogP contribution in [0.1, 0.15) is 58.9 Å². The molecule has 4 amide bonds. The van der Waals surface area contributed by atoms with Crippen LogP contribution in [0.3, 0.4) is 0 Å². The summed E-state index contributed by atoms with van der Waals surface area (Å²) >= 11 is 0. The number of nitrogens with one attached hydrogen (secondary N) is 4. The third kappa shape index (κ3) is 44.8. The maximum Gasteiger partial charge on any atom is 0.240 e. The van der Waals surface area contributed by atoms with Gasteiger partial charge >= 0.3 is 0 Å². The minimum Gasteiger partial charge on any atom is -0.520 e. The molecule has 0 aliphatic heterocycles. The first kappa shape index (κ1) is 62.6. The second kappa shape index (κ2) is 47.6.